The third-order valence-corrected chi connectivity index (χ3v) is 0.111. The average Bonchev–Trinajstić information content (AvgIpc) is 1.84. The molecule has 17 valence electrons. The Bertz CT molecular complexity index is 73.4. The summed E-state index contributed by atoms with van der Waals surface area (Å²) in [6.07, 6.45) is 0. The molecule has 0 atom stereocenters. The first-order valence-corrected chi connectivity index (χ1v) is 1.00. The van der Waals surface area contributed by atoms with Gasteiger partial charge in [0.1, 0.15) is 0 Å². The minimum Gasteiger partial charge on any atom is -0.0379 e. The van der Waals surface area contributed by atoms with Gasteiger partial charge >= 0.3 is 0 Å². The van der Waals surface area contributed by atoms with Crippen LogP contribution in [0.15, 0.2) is 0 Å². The molecule has 0 bridgehead atoms. The van der Waals surface area contributed by atoms with E-state index in [9.17, 15) is 0 Å². The van der Waals surface area contributed by atoms with E-state index in [0.29, 0.717) is 0 Å². The van der Waals surface area contributed by atoms with Gasteiger partial charge in [0, 0.05) is 21.7 Å². The van der Waals surface area contributed by atoms with Gasteiger partial charge < -0.3 is 0 Å². The summed E-state index contributed by atoms with van der Waals surface area (Å²) >= 11 is 0. The van der Waals surface area contributed by atoms with Crippen molar-refractivity contribution in [2.24, 2.45) is 0 Å². The van der Waals surface area contributed by atoms with Gasteiger partial charge in [-0.1, -0.05) is 0 Å². The maximum absolute atomic E-state index is 6.92. The SMILES string of the molecule is [3H][B]B([3H])B([3H])B([3H])[3H]. The monoisotopic (exact) mass is 59.1 g/mol. The predicted octanol–water partition coefficient (Wildman–Crippen LogP) is -2.86. The molecule has 0 amide bonds. The summed E-state index contributed by atoms with van der Waals surface area (Å²) in [5, 5.41) is 0. The molecule has 0 unspecified atom stereocenters. The Labute approximate surface area is 37.4 Å². The summed E-state index contributed by atoms with van der Waals surface area (Å²) in [5.41, 5.74) is 0. The average molecular weight is 58.3 g/mol. The van der Waals surface area contributed by atoms with E-state index < -0.39 is 21.7 Å². The van der Waals surface area contributed by atoms with Gasteiger partial charge in [-0.05, 0) is 6.68 Å². The molecule has 0 aromatic rings. The Kier molecular flexibility index (Phi) is 0.541. The topological polar surface area (TPSA) is 0 Å². The summed E-state index contributed by atoms with van der Waals surface area (Å²) in [7, 11) is -2.69. The van der Waals surface area contributed by atoms with Crippen LogP contribution in [0.5, 0.6) is 0 Å². The fourth-order valence-electron chi connectivity index (χ4n) is 0. The van der Waals surface area contributed by atoms with Crippen LogP contribution in [0.1, 0.15) is 0 Å². The van der Waals surface area contributed by atoms with Crippen LogP contribution in [0.3, 0.4) is 0 Å². The molecule has 0 aromatic carbocycles. The second-order valence-corrected chi connectivity index (χ2v) is 0.385. The Morgan fingerprint density at radius 3 is 4.00 bits per heavy atom. The molecule has 0 aliphatic heterocycles. The molecular weight excluding hydrogens is 43.2 g/mol. The van der Waals surface area contributed by atoms with E-state index in [1.165, 1.54) is 0 Å². The van der Waals surface area contributed by atoms with Crippen molar-refractivity contribution in [3.63, 3.8) is 0 Å². The molecule has 1 radical (unpaired) electrons. The van der Waals surface area contributed by atoms with Gasteiger partial charge in [0.15, 0.2) is 0 Å². The minimum absolute atomic E-state index is 0.772. The molecule has 0 aliphatic rings. The van der Waals surface area contributed by atoms with Crippen LogP contribution in [0.25, 0.3) is 0 Å². The summed E-state index contributed by atoms with van der Waals surface area (Å²) < 4.78 is 33.7. The lowest BCUT2D eigenvalue weighted by Gasteiger charge is -1.57. The summed E-state index contributed by atoms with van der Waals surface area (Å²) in [5.74, 6) is 0. The molecule has 0 aromatic heterocycles. The molecule has 0 saturated carbocycles. The predicted molar refractivity (Wildman–Crippen MR) is 30.0 cm³/mol. The fourth-order valence-corrected chi connectivity index (χ4v) is 0. The van der Waals surface area contributed by atoms with Gasteiger partial charge in [0.25, 0.3) is 0 Å². The van der Waals surface area contributed by atoms with Crippen LogP contribution in [0.4, 0.5) is 0 Å². The van der Waals surface area contributed by atoms with Gasteiger partial charge in [-0.25, -0.2) is 0 Å². The van der Waals surface area contributed by atoms with Crippen LogP contribution in [0, 0.1) is 0 Å². The van der Waals surface area contributed by atoms with E-state index in [-0.39, 0.29) is 0 Å². The zero-order valence-corrected chi connectivity index (χ0v) is 2.31. The van der Waals surface area contributed by atoms with Gasteiger partial charge in [0.2, 0.25) is 0 Å². The molecule has 0 rings (SSSR count). The van der Waals surface area contributed by atoms with E-state index in [4.69, 9.17) is 6.68 Å². The summed E-state index contributed by atoms with van der Waals surface area (Å²) in [4.78, 5) is 0. The molecule has 0 fully saturated rings. The standard InChI is InChI=1S/B4H5/c1-3-4-2/h1,3-4H,2H2/i1T,2T2,3T,4T. The lowest BCUT2D eigenvalue weighted by Crippen LogP contribution is -2.00. The number of hydrogen-bond acceptors (Lipinski definition) is 0. The Hall–Kier alpha value is 0.260. The highest BCUT2D eigenvalue weighted by molar-refractivity contribution is 7.37. The highest BCUT2D eigenvalue weighted by Gasteiger charge is 1.66. The van der Waals surface area contributed by atoms with E-state index >= 15 is 0 Å². The molecular formula is H5B4. The number of rotatable bonds is 3. The van der Waals surface area contributed by atoms with Gasteiger partial charge in [-0.3, -0.25) is 0 Å². The van der Waals surface area contributed by atoms with E-state index in [0.717, 1.165) is 7.70 Å². The van der Waals surface area contributed by atoms with Crippen molar-refractivity contribution < 1.29 is 0 Å². The van der Waals surface area contributed by atoms with Crippen LogP contribution in [0.2, 0.25) is 0 Å². The van der Waals surface area contributed by atoms with Crippen LogP contribution in [-0.4, -0.2) is 36.1 Å². The molecule has 0 aliphatic carbocycles. The zero-order valence-electron chi connectivity index (χ0n) is 7.31. The van der Waals surface area contributed by atoms with Crippen molar-refractivity contribution in [1.29, 1.82) is 6.68 Å². The highest BCUT2D eigenvalue weighted by Crippen LogP contribution is 1.24. The first kappa shape index (κ1) is 0.663. The third-order valence-electron chi connectivity index (χ3n) is 0.111. The Balaban J connectivity index is 3.58. The first-order chi connectivity index (χ1) is 4.09. The summed E-state index contributed by atoms with van der Waals surface area (Å²) in [6.45, 7) is 0. The Morgan fingerprint density at radius 2 is 3.75 bits per heavy atom. The minimum atomic E-state index is -1.32. The highest BCUT2D eigenvalue weighted by atomic mass is 12.4. The molecule has 0 saturated heterocycles. The van der Waals surface area contributed by atoms with Crippen molar-refractivity contribution in [3.05, 3.63) is 0 Å². The second kappa shape index (κ2) is 3.26. The zero-order chi connectivity index (χ0) is 7.44. The van der Waals surface area contributed by atoms with Crippen molar-refractivity contribution in [3.8, 4) is 0 Å². The molecule has 0 spiro atoms. The quantitative estimate of drug-likeness (QED) is 0.306. The lowest BCUT2D eigenvalue weighted by molar-refractivity contribution is 4.14. The molecule has 4 heteroatoms. The lowest BCUT2D eigenvalue weighted by atomic mass is 9.19. The second-order valence-electron chi connectivity index (χ2n) is 0.385. The van der Waals surface area contributed by atoms with E-state index in [1.54, 1.807) is 0 Å². The van der Waals surface area contributed by atoms with Gasteiger partial charge in [-0.15, -0.1) is 0 Å². The Morgan fingerprint density at radius 1 is 2.75 bits per heavy atom. The van der Waals surface area contributed by atoms with E-state index in [2.05, 4.69) is 0 Å². The first-order valence-electron chi connectivity index (χ1n) is 3.89. The van der Waals surface area contributed by atoms with Crippen LogP contribution >= 0.6 is 0 Å². The van der Waals surface area contributed by atoms with Crippen LogP contribution in [-0.2, 0) is 0 Å². The van der Waals surface area contributed by atoms with Crippen molar-refractivity contribution in [2.75, 3.05) is 0 Å². The molecule has 0 N–H and O–H groups in total. The van der Waals surface area contributed by atoms with Crippen molar-refractivity contribution in [1.82, 2.24) is 0 Å². The van der Waals surface area contributed by atoms with Gasteiger partial charge in [0.05, 0.1) is 7.66 Å². The van der Waals surface area contributed by atoms with Crippen molar-refractivity contribution >= 4 is 29.4 Å². The smallest absolute Gasteiger partial charge is 0.0379 e. The third kappa shape index (κ3) is 2.26. The van der Waals surface area contributed by atoms with Gasteiger partial charge in [-0.2, -0.15) is 0 Å². The molecule has 4 heavy (non-hydrogen) atoms. The maximum atomic E-state index is 6.92. The summed E-state index contributed by atoms with van der Waals surface area (Å²) in [6, 6.07) is 0. The molecule has 0 heterocycles. The molecule has 0 nitrogen and oxygen atoms in total. The fraction of sp³-hybridized carbons (Fsp3) is 0. The maximum Gasteiger partial charge on any atom is 0.0597 e. The van der Waals surface area contributed by atoms with Crippen LogP contribution < -0.4 is 0 Å². The number of hydrogen-bond donors (Lipinski definition) is 0. The van der Waals surface area contributed by atoms with Crippen molar-refractivity contribution in [2.45, 2.75) is 0 Å². The normalized spacial score (nSPS) is 20.5. The largest absolute Gasteiger partial charge is 0.0597 e. The van der Waals surface area contributed by atoms with E-state index in [1.807, 2.05) is 0 Å².